The molecule has 1 fully saturated rings. The first kappa shape index (κ1) is 25.0. The third-order valence-corrected chi connectivity index (χ3v) is 5.45. The Kier molecular flexibility index (Phi) is 9.28. The van der Waals surface area contributed by atoms with Crippen molar-refractivity contribution in [3.8, 4) is 11.5 Å². The van der Waals surface area contributed by atoms with E-state index in [4.69, 9.17) is 21.1 Å². The smallest absolute Gasteiger partial charge is 0.329 e. The Hall–Kier alpha value is -3.59. The van der Waals surface area contributed by atoms with E-state index >= 15 is 0 Å². The predicted molar refractivity (Wildman–Crippen MR) is 129 cm³/mol. The van der Waals surface area contributed by atoms with Gasteiger partial charge in [-0.25, -0.2) is 5.43 Å². The number of hydrogen-bond acceptors (Lipinski definition) is 6. The summed E-state index contributed by atoms with van der Waals surface area (Å²) in [7, 11) is 1.44. The van der Waals surface area contributed by atoms with Crippen LogP contribution >= 0.6 is 11.6 Å². The third-order valence-electron chi connectivity index (χ3n) is 5.22. The van der Waals surface area contributed by atoms with Crippen LogP contribution in [0.5, 0.6) is 11.5 Å². The molecular formula is C24H27ClN4O5. The SMILES string of the molecule is COc1ccc(Cl)cc1NC(=O)C(=O)N/N=C\c1ccc(OCC(=O)NC2CCCCC2)cc1. The average Bonchev–Trinajstić information content (AvgIpc) is 2.84. The first-order chi connectivity index (χ1) is 16.4. The fourth-order valence-corrected chi connectivity index (χ4v) is 3.66. The Balaban J connectivity index is 1.43. The molecule has 0 unspecified atom stereocenters. The number of carbonyl (C=O) groups excluding carboxylic acids is 3. The number of rotatable bonds is 8. The zero-order valence-corrected chi connectivity index (χ0v) is 19.6. The first-order valence-electron chi connectivity index (χ1n) is 10.9. The Labute approximate surface area is 202 Å². The zero-order chi connectivity index (χ0) is 24.3. The highest BCUT2D eigenvalue weighted by atomic mass is 35.5. The van der Waals surface area contributed by atoms with Crippen LogP contribution in [0.25, 0.3) is 0 Å². The van der Waals surface area contributed by atoms with Gasteiger partial charge in [-0.15, -0.1) is 0 Å². The van der Waals surface area contributed by atoms with Crippen LogP contribution in [0.1, 0.15) is 37.7 Å². The molecule has 34 heavy (non-hydrogen) atoms. The van der Waals surface area contributed by atoms with Crippen LogP contribution in [0.4, 0.5) is 5.69 Å². The molecule has 2 aromatic rings. The van der Waals surface area contributed by atoms with Crippen molar-refractivity contribution in [1.82, 2.24) is 10.7 Å². The van der Waals surface area contributed by atoms with Crippen LogP contribution in [0, 0.1) is 0 Å². The molecule has 0 saturated heterocycles. The topological polar surface area (TPSA) is 118 Å². The molecule has 3 rings (SSSR count). The number of nitrogens with one attached hydrogen (secondary N) is 3. The van der Waals surface area contributed by atoms with Crippen molar-refractivity contribution in [2.24, 2.45) is 5.10 Å². The first-order valence-corrected chi connectivity index (χ1v) is 11.3. The Morgan fingerprint density at radius 3 is 2.50 bits per heavy atom. The predicted octanol–water partition coefficient (Wildman–Crippen LogP) is 3.27. The number of anilines is 1. The Bertz CT molecular complexity index is 1040. The van der Waals surface area contributed by atoms with E-state index in [1.165, 1.54) is 25.8 Å². The van der Waals surface area contributed by atoms with Crippen molar-refractivity contribution in [3.63, 3.8) is 0 Å². The van der Waals surface area contributed by atoms with Gasteiger partial charge < -0.3 is 20.1 Å². The minimum atomic E-state index is -0.956. The lowest BCUT2D eigenvalue weighted by Crippen LogP contribution is -2.38. The monoisotopic (exact) mass is 486 g/mol. The summed E-state index contributed by atoms with van der Waals surface area (Å²) < 4.78 is 10.7. The van der Waals surface area contributed by atoms with Crippen LogP contribution in [0.15, 0.2) is 47.6 Å². The number of carbonyl (C=O) groups is 3. The molecule has 0 aromatic heterocycles. The van der Waals surface area contributed by atoms with Gasteiger partial charge in [0.1, 0.15) is 11.5 Å². The minimum absolute atomic E-state index is 0.0491. The molecule has 0 atom stereocenters. The number of methoxy groups -OCH3 is 1. The summed E-state index contributed by atoms with van der Waals surface area (Å²) in [4.78, 5) is 36.1. The fraction of sp³-hybridized carbons (Fsp3) is 0.333. The van der Waals surface area contributed by atoms with Gasteiger partial charge in [0.15, 0.2) is 6.61 Å². The molecular weight excluding hydrogens is 460 g/mol. The Morgan fingerprint density at radius 1 is 1.06 bits per heavy atom. The molecule has 3 N–H and O–H groups in total. The molecule has 1 aliphatic carbocycles. The average molecular weight is 487 g/mol. The van der Waals surface area contributed by atoms with E-state index in [-0.39, 0.29) is 24.2 Å². The molecule has 1 aliphatic rings. The second-order valence-corrected chi connectivity index (χ2v) is 8.19. The number of amides is 3. The third kappa shape index (κ3) is 7.77. The molecule has 9 nitrogen and oxygen atoms in total. The highest BCUT2D eigenvalue weighted by molar-refractivity contribution is 6.40. The number of ether oxygens (including phenoxy) is 2. The van der Waals surface area contributed by atoms with E-state index in [1.807, 2.05) is 0 Å². The quantitative estimate of drug-likeness (QED) is 0.300. The number of halogens is 1. The molecule has 3 amide bonds. The fourth-order valence-electron chi connectivity index (χ4n) is 3.49. The maximum Gasteiger partial charge on any atom is 0.329 e. The van der Waals surface area contributed by atoms with Gasteiger partial charge >= 0.3 is 11.8 Å². The summed E-state index contributed by atoms with van der Waals surface area (Å²) >= 11 is 5.91. The normalized spacial score (nSPS) is 13.8. The van der Waals surface area contributed by atoms with Crippen molar-refractivity contribution in [1.29, 1.82) is 0 Å². The summed E-state index contributed by atoms with van der Waals surface area (Å²) in [5, 5.41) is 9.59. The Morgan fingerprint density at radius 2 is 1.79 bits per heavy atom. The van der Waals surface area contributed by atoms with Crippen LogP contribution in [-0.2, 0) is 14.4 Å². The molecule has 10 heteroatoms. The van der Waals surface area contributed by atoms with Gasteiger partial charge in [0, 0.05) is 11.1 Å². The summed E-state index contributed by atoms with van der Waals surface area (Å²) in [5.41, 5.74) is 3.09. The van der Waals surface area contributed by atoms with E-state index in [0.717, 1.165) is 25.7 Å². The van der Waals surface area contributed by atoms with Crippen molar-refractivity contribution in [2.45, 2.75) is 38.1 Å². The standard InChI is InChI=1S/C24H27ClN4O5/c1-33-21-12-9-17(25)13-20(21)28-23(31)24(32)29-26-14-16-7-10-19(11-8-16)34-15-22(30)27-18-5-3-2-4-6-18/h7-14,18H,2-6,15H2,1H3,(H,27,30)(H,28,31)(H,29,32)/b26-14-. The number of hydrogen-bond donors (Lipinski definition) is 3. The van der Waals surface area contributed by atoms with Crippen LogP contribution in [-0.4, -0.2) is 43.7 Å². The summed E-state index contributed by atoms with van der Waals surface area (Å²) in [6.07, 6.45) is 6.95. The minimum Gasteiger partial charge on any atom is -0.495 e. The number of benzene rings is 2. The maximum atomic E-state index is 12.1. The van der Waals surface area contributed by atoms with Gasteiger partial charge in [0.05, 0.1) is 19.0 Å². The molecule has 0 heterocycles. The van der Waals surface area contributed by atoms with Crippen LogP contribution in [0.2, 0.25) is 5.02 Å². The van der Waals surface area contributed by atoms with Gasteiger partial charge in [-0.2, -0.15) is 5.10 Å². The lowest BCUT2D eigenvalue weighted by molar-refractivity contribution is -0.136. The number of nitrogens with zero attached hydrogens (tertiary/aromatic N) is 1. The van der Waals surface area contributed by atoms with Crippen LogP contribution in [0.3, 0.4) is 0 Å². The van der Waals surface area contributed by atoms with Crippen molar-refractivity contribution in [3.05, 3.63) is 53.1 Å². The van der Waals surface area contributed by atoms with E-state index < -0.39 is 11.8 Å². The molecule has 0 radical (unpaired) electrons. The summed E-state index contributed by atoms with van der Waals surface area (Å²) in [6, 6.07) is 11.7. The van der Waals surface area contributed by atoms with Gasteiger partial charge in [-0.1, -0.05) is 30.9 Å². The van der Waals surface area contributed by atoms with E-state index in [1.54, 1.807) is 36.4 Å². The molecule has 180 valence electrons. The highest BCUT2D eigenvalue weighted by Crippen LogP contribution is 2.27. The van der Waals surface area contributed by atoms with Crippen molar-refractivity contribution in [2.75, 3.05) is 19.0 Å². The van der Waals surface area contributed by atoms with E-state index in [0.29, 0.717) is 22.1 Å². The maximum absolute atomic E-state index is 12.1. The molecule has 0 aliphatic heterocycles. The van der Waals surface area contributed by atoms with Gasteiger partial charge in [0.2, 0.25) is 0 Å². The zero-order valence-electron chi connectivity index (χ0n) is 18.8. The van der Waals surface area contributed by atoms with Crippen LogP contribution < -0.4 is 25.5 Å². The van der Waals surface area contributed by atoms with Crippen molar-refractivity contribution < 1.29 is 23.9 Å². The van der Waals surface area contributed by atoms with Gasteiger partial charge in [-0.05, 0) is 60.9 Å². The second kappa shape index (κ2) is 12.6. The van der Waals surface area contributed by atoms with Gasteiger partial charge in [0.25, 0.3) is 5.91 Å². The second-order valence-electron chi connectivity index (χ2n) is 7.76. The number of hydrazone groups is 1. The molecule has 1 saturated carbocycles. The molecule has 2 aromatic carbocycles. The van der Waals surface area contributed by atoms with E-state index in [2.05, 4.69) is 21.2 Å². The summed E-state index contributed by atoms with van der Waals surface area (Å²) in [6.45, 7) is -0.0491. The molecule has 0 spiro atoms. The lowest BCUT2D eigenvalue weighted by Gasteiger charge is -2.22. The summed E-state index contributed by atoms with van der Waals surface area (Å²) in [5.74, 6) is -1.11. The lowest BCUT2D eigenvalue weighted by atomic mass is 9.95. The largest absolute Gasteiger partial charge is 0.495 e. The van der Waals surface area contributed by atoms with Gasteiger partial charge in [-0.3, -0.25) is 14.4 Å². The highest BCUT2D eigenvalue weighted by Gasteiger charge is 2.16. The molecule has 0 bridgehead atoms. The van der Waals surface area contributed by atoms with Crippen molar-refractivity contribution >= 4 is 41.2 Å². The van der Waals surface area contributed by atoms with E-state index in [9.17, 15) is 14.4 Å².